The molecule has 0 atom stereocenters. The maximum absolute atomic E-state index is 13.2. The third-order valence-electron chi connectivity index (χ3n) is 6.32. The number of hydrogen-bond donors (Lipinski definition) is 1. The molecule has 12 nitrogen and oxygen atoms in total. The highest BCUT2D eigenvalue weighted by molar-refractivity contribution is 6.12. The van der Waals surface area contributed by atoms with Crippen molar-refractivity contribution in [3.63, 3.8) is 0 Å². The highest BCUT2D eigenvalue weighted by atomic mass is 16.6. The zero-order chi connectivity index (χ0) is 28.4. The molecule has 0 aliphatic carbocycles. The van der Waals surface area contributed by atoms with Crippen LogP contribution in [0.1, 0.15) is 35.5 Å². The Balaban J connectivity index is 1.33. The van der Waals surface area contributed by atoms with Gasteiger partial charge in [0.2, 0.25) is 0 Å². The van der Waals surface area contributed by atoms with Crippen LogP contribution >= 0.6 is 0 Å². The minimum Gasteiger partial charge on any atom is -0.461 e. The predicted molar refractivity (Wildman–Crippen MR) is 146 cm³/mol. The summed E-state index contributed by atoms with van der Waals surface area (Å²) in [5.41, 5.74) is 7.38. The summed E-state index contributed by atoms with van der Waals surface area (Å²) in [5.74, 6) is 0.513. The number of ether oxygens (including phenoxy) is 4. The number of Topliss-reactive ketones (excluding diaryl/α,β-unsaturated/α-hetero) is 1. The van der Waals surface area contributed by atoms with Crippen molar-refractivity contribution in [2.24, 2.45) is 5.73 Å². The predicted octanol–water partition coefficient (Wildman–Crippen LogP) is 2.17. The second kappa shape index (κ2) is 13.9. The lowest BCUT2D eigenvalue weighted by molar-refractivity contribution is 0.0100. The molecular formula is C28H33N7O5. The lowest BCUT2D eigenvalue weighted by Crippen LogP contribution is -2.44. The van der Waals surface area contributed by atoms with Crippen molar-refractivity contribution < 1.29 is 23.7 Å². The molecule has 12 heteroatoms. The second-order valence-corrected chi connectivity index (χ2v) is 9.39. The number of hydrogen-bond acceptors (Lipinski definition) is 12. The number of nitrogens with zero attached hydrogens (tertiary/aromatic N) is 6. The zero-order valence-corrected chi connectivity index (χ0v) is 22.7. The van der Waals surface area contributed by atoms with Crippen molar-refractivity contribution >= 4 is 11.6 Å². The Morgan fingerprint density at radius 1 is 0.950 bits per heavy atom. The molecule has 210 valence electrons. The molecule has 3 aromatic heterocycles. The first-order valence-corrected chi connectivity index (χ1v) is 13.0. The summed E-state index contributed by atoms with van der Waals surface area (Å²) >= 11 is 0. The number of carbonyl (C=O) groups is 1. The Morgan fingerprint density at radius 2 is 1.62 bits per heavy atom. The average molecular weight is 548 g/mol. The summed E-state index contributed by atoms with van der Waals surface area (Å²) < 4.78 is 21.7. The third-order valence-corrected chi connectivity index (χ3v) is 6.32. The number of ketones is 1. The van der Waals surface area contributed by atoms with E-state index in [1.165, 1.54) is 0 Å². The fourth-order valence-electron chi connectivity index (χ4n) is 4.16. The highest BCUT2D eigenvalue weighted by Crippen LogP contribution is 2.39. The van der Waals surface area contributed by atoms with Gasteiger partial charge in [-0.2, -0.15) is 5.26 Å². The van der Waals surface area contributed by atoms with Gasteiger partial charge in [-0.25, -0.2) is 19.9 Å². The first kappa shape index (κ1) is 29.0. The summed E-state index contributed by atoms with van der Waals surface area (Å²) in [6.45, 7) is 7.63. The molecule has 4 rings (SSSR count). The Labute approximate surface area is 233 Å². The molecule has 0 saturated heterocycles. The van der Waals surface area contributed by atoms with E-state index in [1.807, 2.05) is 24.8 Å². The minimum absolute atomic E-state index is 0.0331. The fourth-order valence-corrected chi connectivity index (χ4v) is 4.16. The molecule has 40 heavy (non-hydrogen) atoms. The van der Waals surface area contributed by atoms with Crippen LogP contribution < -0.4 is 15.4 Å². The smallest absolute Gasteiger partial charge is 0.316 e. The number of rotatable bonds is 15. The number of nitrogens with two attached hydrogens (primary N) is 1. The molecular weight excluding hydrogens is 514 g/mol. The van der Waals surface area contributed by atoms with Gasteiger partial charge in [-0.1, -0.05) is 6.07 Å². The van der Waals surface area contributed by atoms with E-state index >= 15 is 0 Å². The molecule has 1 aliphatic heterocycles. The molecule has 1 aliphatic rings. The monoisotopic (exact) mass is 547 g/mol. The van der Waals surface area contributed by atoms with Gasteiger partial charge in [0.25, 0.3) is 0 Å². The molecule has 0 unspecified atom stereocenters. The van der Waals surface area contributed by atoms with Gasteiger partial charge in [0, 0.05) is 42.8 Å². The molecule has 3 aromatic rings. The summed E-state index contributed by atoms with van der Waals surface area (Å²) in [7, 11) is 0. The van der Waals surface area contributed by atoms with Crippen LogP contribution in [0.4, 0.5) is 5.82 Å². The van der Waals surface area contributed by atoms with Gasteiger partial charge in [0.05, 0.1) is 56.4 Å². The van der Waals surface area contributed by atoms with E-state index in [0.29, 0.717) is 87.7 Å². The molecule has 0 spiro atoms. The van der Waals surface area contributed by atoms with Crippen molar-refractivity contribution in [2.75, 3.05) is 57.7 Å². The largest absolute Gasteiger partial charge is 0.461 e. The highest BCUT2D eigenvalue weighted by Gasteiger charge is 2.45. The molecule has 0 saturated carbocycles. The van der Waals surface area contributed by atoms with E-state index in [1.54, 1.807) is 36.8 Å². The number of pyridine rings is 2. The molecule has 4 heterocycles. The van der Waals surface area contributed by atoms with Gasteiger partial charge >= 0.3 is 6.01 Å². The summed E-state index contributed by atoms with van der Waals surface area (Å²) in [5, 5.41) is 9.47. The van der Waals surface area contributed by atoms with Crippen LogP contribution in [0.2, 0.25) is 0 Å². The molecule has 2 N–H and O–H groups in total. The topological polar surface area (TPSA) is 159 Å². The molecule has 0 aromatic carbocycles. The number of anilines is 1. The van der Waals surface area contributed by atoms with Gasteiger partial charge in [-0.3, -0.25) is 4.79 Å². The van der Waals surface area contributed by atoms with Gasteiger partial charge in [-0.15, -0.1) is 0 Å². The zero-order valence-electron chi connectivity index (χ0n) is 22.7. The minimum atomic E-state index is -0.836. The van der Waals surface area contributed by atoms with Crippen LogP contribution in [0.3, 0.4) is 0 Å². The van der Waals surface area contributed by atoms with E-state index in [-0.39, 0.29) is 11.8 Å². The normalized spacial score (nSPS) is 13.8. The van der Waals surface area contributed by atoms with Crippen molar-refractivity contribution in [3.8, 4) is 23.3 Å². The lowest BCUT2D eigenvalue weighted by Gasteiger charge is -2.32. The first-order chi connectivity index (χ1) is 19.5. The third kappa shape index (κ3) is 6.94. The molecule has 0 bridgehead atoms. The maximum Gasteiger partial charge on any atom is 0.316 e. The number of fused-ring (bicyclic) bond motifs is 1. The van der Waals surface area contributed by atoms with E-state index in [9.17, 15) is 10.1 Å². The van der Waals surface area contributed by atoms with E-state index in [0.717, 1.165) is 5.56 Å². The van der Waals surface area contributed by atoms with Crippen molar-refractivity contribution in [3.05, 3.63) is 59.7 Å². The Morgan fingerprint density at radius 3 is 2.30 bits per heavy atom. The Hall–Kier alpha value is -4.02. The Kier molecular flexibility index (Phi) is 10.0. The Bertz CT molecular complexity index is 1330. The van der Waals surface area contributed by atoms with Gasteiger partial charge in [0.1, 0.15) is 24.2 Å². The SMILES string of the molecule is CC1(C)C(=O)c2ccc(-c3cnc(OCCOCCOCCOCCN)nc3)nc2N1Cc1cccnc1C#N. The second-order valence-electron chi connectivity index (χ2n) is 9.39. The summed E-state index contributed by atoms with van der Waals surface area (Å²) in [4.78, 5) is 32.6. The van der Waals surface area contributed by atoms with Crippen molar-refractivity contribution in [2.45, 2.75) is 25.9 Å². The quantitative estimate of drug-likeness (QED) is 0.277. The standard InChI is InChI=1S/C28H33N7O5/c1-28(2)25(36)22-5-6-23(34-26(22)35(28)19-20-4-3-8-31-24(20)16-30)21-17-32-27(33-18-21)40-15-14-39-13-12-38-11-10-37-9-7-29/h3-6,8,17-18H,7,9-15,19,29H2,1-2H3. The van der Waals surface area contributed by atoms with Gasteiger partial charge in [0.15, 0.2) is 5.78 Å². The first-order valence-electron chi connectivity index (χ1n) is 13.0. The molecule has 0 fully saturated rings. The van der Waals surface area contributed by atoms with Crippen LogP contribution in [0.15, 0.2) is 42.9 Å². The molecule has 0 amide bonds. The average Bonchev–Trinajstić information content (AvgIpc) is 3.16. The summed E-state index contributed by atoms with van der Waals surface area (Å²) in [6, 6.07) is 9.50. The maximum atomic E-state index is 13.2. The molecule has 0 radical (unpaired) electrons. The van der Waals surface area contributed by atoms with Crippen LogP contribution in [-0.4, -0.2) is 84.1 Å². The number of carbonyl (C=O) groups excluding carboxylic acids is 1. The van der Waals surface area contributed by atoms with Crippen LogP contribution in [0, 0.1) is 11.3 Å². The van der Waals surface area contributed by atoms with Crippen molar-refractivity contribution in [1.29, 1.82) is 5.26 Å². The van der Waals surface area contributed by atoms with Crippen molar-refractivity contribution in [1.82, 2.24) is 19.9 Å². The van der Waals surface area contributed by atoms with Crippen LogP contribution in [0.5, 0.6) is 6.01 Å². The van der Waals surface area contributed by atoms with Crippen LogP contribution in [-0.2, 0) is 20.8 Å². The van der Waals surface area contributed by atoms with Gasteiger partial charge in [-0.05, 0) is 32.0 Å². The van der Waals surface area contributed by atoms with E-state index in [2.05, 4.69) is 21.0 Å². The number of nitriles is 1. The van der Waals surface area contributed by atoms with Crippen LogP contribution in [0.25, 0.3) is 11.3 Å². The van der Waals surface area contributed by atoms with E-state index in [4.69, 9.17) is 29.7 Å². The van der Waals surface area contributed by atoms with E-state index < -0.39 is 5.54 Å². The fraction of sp³-hybridized carbons (Fsp3) is 0.429. The lowest BCUT2D eigenvalue weighted by atomic mass is 9.97. The van der Waals surface area contributed by atoms with Gasteiger partial charge < -0.3 is 29.6 Å². The summed E-state index contributed by atoms with van der Waals surface area (Å²) in [6.07, 6.45) is 4.83. The number of aromatic nitrogens is 4.